The largest absolute Gasteiger partial charge is 0.450 e. The highest BCUT2D eigenvalue weighted by atomic mass is 19.3. The van der Waals surface area contributed by atoms with Crippen LogP contribution in [0.1, 0.15) is 13.3 Å². The van der Waals surface area contributed by atoms with Gasteiger partial charge in [0, 0.05) is 26.2 Å². The molecular formula is C18H21F2N3O5. The van der Waals surface area contributed by atoms with Gasteiger partial charge in [-0.1, -0.05) is 12.1 Å². The van der Waals surface area contributed by atoms with E-state index in [1.807, 2.05) is 4.90 Å². The number of imide groups is 1. The molecule has 0 spiro atoms. The van der Waals surface area contributed by atoms with Crippen molar-refractivity contribution in [3.8, 4) is 5.75 Å². The lowest BCUT2D eigenvalue weighted by Gasteiger charge is -2.36. The predicted molar refractivity (Wildman–Crippen MR) is 94.1 cm³/mol. The van der Waals surface area contributed by atoms with Gasteiger partial charge in [0.2, 0.25) is 5.91 Å². The number of benzene rings is 1. The lowest BCUT2D eigenvalue weighted by atomic mass is 10.2. The normalized spacial score (nSPS) is 20.8. The Labute approximate surface area is 160 Å². The molecule has 2 saturated heterocycles. The number of nitrogens with zero attached hydrogens (tertiary/aromatic N) is 3. The van der Waals surface area contributed by atoms with Crippen LogP contribution >= 0.6 is 0 Å². The van der Waals surface area contributed by atoms with Crippen LogP contribution in [0.3, 0.4) is 0 Å². The first-order chi connectivity index (χ1) is 13.4. The summed E-state index contributed by atoms with van der Waals surface area (Å²) in [6.07, 6.45) is -0.461. The molecule has 0 aromatic heterocycles. The van der Waals surface area contributed by atoms with Gasteiger partial charge in [-0.15, -0.1) is 0 Å². The van der Waals surface area contributed by atoms with Crippen molar-refractivity contribution in [2.45, 2.75) is 26.0 Å². The summed E-state index contributed by atoms with van der Waals surface area (Å²) in [5, 5.41) is 0. The Morgan fingerprint density at radius 3 is 2.50 bits per heavy atom. The minimum absolute atomic E-state index is 0.00506. The van der Waals surface area contributed by atoms with Crippen molar-refractivity contribution in [2.24, 2.45) is 0 Å². The second-order valence-corrected chi connectivity index (χ2v) is 6.36. The number of hydrogen-bond acceptors (Lipinski definition) is 6. The fourth-order valence-corrected chi connectivity index (χ4v) is 3.42. The fourth-order valence-electron chi connectivity index (χ4n) is 3.42. The molecule has 8 nitrogen and oxygen atoms in total. The van der Waals surface area contributed by atoms with Crippen LogP contribution in [0.25, 0.3) is 0 Å². The fraction of sp³-hybridized carbons (Fsp3) is 0.500. The van der Waals surface area contributed by atoms with Crippen LogP contribution < -0.4 is 9.64 Å². The molecule has 0 radical (unpaired) electrons. The lowest BCUT2D eigenvalue weighted by molar-refractivity contribution is -0.123. The zero-order chi connectivity index (χ0) is 20.3. The molecule has 0 N–H and O–H groups in total. The average Bonchev–Trinajstić information content (AvgIpc) is 2.96. The molecule has 2 heterocycles. The third-order valence-corrected chi connectivity index (χ3v) is 4.73. The van der Waals surface area contributed by atoms with Crippen LogP contribution in [0.15, 0.2) is 24.3 Å². The van der Waals surface area contributed by atoms with Gasteiger partial charge < -0.3 is 14.4 Å². The number of alkyl halides is 2. The number of ether oxygens (including phenoxy) is 2. The van der Waals surface area contributed by atoms with Gasteiger partial charge in [0.05, 0.1) is 24.8 Å². The quantitative estimate of drug-likeness (QED) is 0.704. The van der Waals surface area contributed by atoms with Crippen LogP contribution in [0.5, 0.6) is 5.75 Å². The summed E-state index contributed by atoms with van der Waals surface area (Å²) in [5.74, 6) is -1.19. The standard InChI is InChI=1S/C18H21F2N3O5/c1-2-27-18(26)22-9-7-21(8-10-22)13-11-15(24)23(16(13)25)12-5-3-4-6-14(12)28-17(19)20/h3-6,13,17H,2,7-11H2,1H3/t13-/m0/s1. The number of amides is 3. The first kappa shape index (κ1) is 20.0. The van der Waals surface area contributed by atoms with Gasteiger partial charge in [0.15, 0.2) is 0 Å². The van der Waals surface area contributed by atoms with E-state index in [1.165, 1.54) is 18.2 Å². The molecule has 0 aliphatic carbocycles. The van der Waals surface area contributed by atoms with Crippen LogP contribution in [0, 0.1) is 0 Å². The van der Waals surface area contributed by atoms with Crippen LogP contribution in [0.4, 0.5) is 19.3 Å². The van der Waals surface area contributed by atoms with E-state index < -0.39 is 30.6 Å². The summed E-state index contributed by atoms with van der Waals surface area (Å²) in [4.78, 5) is 41.4. The van der Waals surface area contributed by atoms with Crippen molar-refractivity contribution < 1.29 is 32.6 Å². The highest BCUT2D eigenvalue weighted by Crippen LogP contribution is 2.34. The summed E-state index contributed by atoms with van der Waals surface area (Å²) < 4.78 is 34.7. The Bertz CT molecular complexity index is 752. The Hall–Kier alpha value is -2.75. The number of halogens is 2. The summed E-state index contributed by atoms with van der Waals surface area (Å²) in [5.41, 5.74) is 0.00506. The third-order valence-electron chi connectivity index (χ3n) is 4.73. The first-order valence-electron chi connectivity index (χ1n) is 8.98. The van der Waals surface area contributed by atoms with Crippen LogP contribution in [0.2, 0.25) is 0 Å². The van der Waals surface area contributed by atoms with Crippen LogP contribution in [-0.4, -0.2) is 73.1 Å². The minimum Gasteiger partial charge on any atom is -0.450 e. The number of hydrogen-bond donors (Lipinski definition) is 0. The van der Waals surface area contributed by atoms with Gasteiger partial charge in [-0.25, -0.2) is 9.69 Å². The van der Waals surface area contributed by atoms with E-state index in [1.54, 1.807) is 17.9 Å². The zero-order valence-electron chi connectivity index (χ0n) is 15.3. The van der Waals surface area contributed by atoms with Gasteiger partial charge >= 0.3 is 12.7 Å². The minimum atomic E-state index is -3.07. The maximum atomic E-state index is 12.9. The number of piperazine rings is 1. The van der Waals surface area contributed by atoms with Crippen molar-refractivity contribution in [1.82, 2.24) is 9.80 Å². The predicted octanol–water partition coefficient (Wildman–Crippen LogP) is 1.69. The van der Waals surface area contributed by atoms with Crippen molar-refractivity contribution in [3.05, 3.63) is 24.3 Å². The summed E-state index contributed by atoms with van der Waals surface area (Å²) in [6, 6.07) is 5.01. The Morgan fingerprint density at radius 1 is 1.18 bits per heavy atom. The summed E-state index contributed by atoms with van der Waals surface area (Å²) >= 11 is 0. The SMILES string of the molecule is CCOC(=O)N1CCN([C@H]2CC(=O)N(c3ccccc3OC(F)F)C2=O)CC1. The molecular weight excluding hydrogens is 376 g/mol. The second-order valence-electron chi connectivity index (χ2n) is 6.36. The van der Waals surface area contributed by atoms with E-state index in [0.29, 0.717) is 26.2 Å². The molecule has 1 aromatic rings. The van der Waals surface area contributed by atoms with Gasteiger partial charge in [0.1, 0.15) is 5.75 Å². The molecule has 3 amide bonds. The molecule has 2 aliphatic rings. The number of para-hydroxylation sites is 2. The molecule has 28 heavy (non-hydrogen) atoms. The van der Waals surface area contributed by atoms with Crippen molar-refractivity contribution >= 4 is 23.6 Å². The van der Waals surface area contributed by atoms with Gasteiger partial charge in [-0.3, -0.25) is 14.5 Å². The molecule has 2 fully saturated rings. The molecule has 10 heteroatoms. The molecule has 2 aliphatic heterocycles. The Morgan fingerprint density at radius 2 is 1.86 bits per heavy atom. The molecule has 0 bridgehead atoms. The second kappa shape index (κ2) is 8.51. The van der Waals surface area contributed by atoms with Crippen molar-refractivity contribution in [1.29, 1.82) is 0 Å². The Kier molecular flexibility index (Phi) is 6.08. The van der Waals surface area contributed by atoms with E-state index in [-0.39, 0.29) is 24.5 Å². The number of carbonyl (C=O) groups is 3. The zero-order valence-corrected chi connectivity index (χ0v) is 15.3. The van der Waals surface area contributed by atoms with Gasteiger partial charge in [0.25, 0.3) is 5.91 Å². The molecule has 152 valence electrons. The van der Waals surface area contributed by atoms with E-state index in [2.05, 4.69) is 4.74 Å². The maximum absolute atomic E-state index is 12.9. The molecule has 0 saturated carbocycles. The monoisotopic (exact) mass is 397 g/mol. The summed E-state index contributed by atoms with van der Waals surface area (Å²) in [6.45, 7) is 0.506. The average molecular weight is 397 g/mol. The van der Waals surface area contributed by atoms with Crippen LogP contribution in [-0.2, 0) is 14.3 Å². The molecule has 1 atom stereocenters. The first-order valence-corrected chi connectivity index (χ1v) is 8.98. The summed E-state index contributed by atoms with van der Waals surface area (Å²) in [7, 11) is 0. The molecule has 0 unspecified atom stereocenters. The molecule has 1 aromatic carbocycles. The topological polar surface area (TPSA) is 79.4 Å². The number of anilines is 1. The highest BCUT2D eigenvalue weighted by Gasteiger charge is 2.44. The van der Waals surface area contributed by atoms with Gasteiger partial charge in [-0.2, -0.15) is 8.78 Å². The lowest BCUT2D eigenvalue weighted by Crippen LogP contribution is -2.54. The molecule has 3 rings (SSSR count). The van der Waals surface area contributed by atoms with Crippen molar-refractivity contribution in [3.63, 3.8) is 0 Å². The third kappa shape index (κ3) is 4.06. The van der Waals surface area contributed by atoms with E-state index in [0.717, 1.165) is 4.90 Å². The Balaban J connectivity index is 1.71. The van der Waals surface area contributed by atoms with E-state index in [4.69, 9.17) is 4.74 Å². The van der Waals surface area contributed by atoms with E-state index in [9.17, 15) is 23.2 Å². The highest BCUT2D eigenvalue weighted by molar-refractivity contribution is 6.23. The maximum Gasteiger partial charge on any atom is 0.409 e. The van der Waals surface area contributed by atoms with E-state index >= 15 is 0 Å². The van der Waals surface area contributed by atoms with Gasteiger partial charge in [-0.05, 0) is 19.1 Å². The smallest absolute Gasteiger partial charge is 0.409 e. The number of carbonyl (C=O) groups excluding carboxylic acids is 3. The van der Waals surface area contributed by atoms with Crippen molar-refractivity contribution in [2.75, 3.05) is 37.7 Å². The number of rotatable bonds is 5.